The summed E-state index contributed by atoms with van der Waals surface area (Å²) in [7, 11) is 0. The lowest BCUT2D eigenvalue weighted by Crippen LogP contribution is -2.48. The monoisotopic (exact) mass is 522 g/mol. The van der Waals surface area contributed by atoms with E-state index in [1.165, 1.54) is 18.4 Å². The average Bonchev–Trinajstić information content (AvgIpc) is 3.42. The van der Waals surface area contributed by atoms with Gasteiger partial charge in [-0.1, -0.05) is 60.6 Å². The molecule has 1 aliphatic heterocycles. The topological polar surface area (TPSA) is 78.9 Å². The highest BCUT2D eigenvalue weighted by atomic mass is 35.5. The number of amides is 1. The number of Topliss-reactive ketones (excluding diaryl/α,β-unsaturated/α-hetero) is 1. The molecule has 0 radical (unpaired) electrons. The summed E-state index contributed by atoms with van der Waals surface area (Å²) in [5.74, 6) is -1.46. The number of benzene rings is 3. The Morgan fingerprint density at radius 3 is 2.27 bits per heavy atom. The van der Waals surface area contributed by atoms with Crippen molar-refractivity contribution in [3.05, 3.63) is 102 Å². The number of ether oxygens (including phenoxy) is 1. The molecule has 1 aliphatic rings. The Morgan fingerprint density at radius 1 is 1.05 bits per heavy atom. The van der Waals surface area contributed by atoms with Gasteiger partial charge in [-0.05, 0) is 66.9 Å². The van der Waals surface area contributed by atoms with E-state index in [9.17, 15) is 19.1 Å². The SMILES string of the molecule is C=COc1ccc([C@@H](O)[C@@H](CN2CCCC2)NC(=O)C(=O)c2ccc(-c3ccc(F)cc3)cc2)cc1Cl. The summed E-state index contributed by atoms with van der Waals surface area (Å²) in [6.45, 7) is 5.59. The van der Waals surface area contributed by atoms with Gasteiger partial charge in [-0.2, -0.15) is 0 Å². The van der Waals surface area contributed by atoms with Crippen LogP contribution in [-0.4, -0.2) is 47.4 Å². The average molecular weight is 523 g/mol. The number of carbonyl (C=O) groups excluding carboxylic acids is 2. The number of carbonyl (C=O) groups is 2. The van der Waals surface area contributed by atoms with Crippen molar-refractivity contribution in [2.24, 2.45) is 0 Å². The number of aliphatic hydroxyl groups is 1. The fraction of sp³-hybridized carbons (Fsp3) is 0.241. The van der Waals surface area contributed by atoms with Crippen LogP contribution in [0.2, 0.25) is 5.02 Å². The summed E-state index contributed by atoms with van der Waals surface area (Å²) in [5.41, 5.74) is 2.29. The third-order valence-electron chi connectivity index (χ3n) is 6.39. The van der Waals surface area contributed by atoms with Crippen LogP contribution in [0.3, 0.4) is 0 Å². The number of nitrogens with zero attached hydrogens (tertiary/aromatic N) is 1. The molecule has 8 heteroatoms. The molecular weight excluding hydrogens is 495 g/mol. The first kappa shape index (κ1) is 26.5. The van der Waals surface area contributed by atoms with Crippen molar-refractivity contribution in [2.45, 2.75) is 25.0 Å². The first-order valence-corrected chi connectivity index (χ1v) is 12.4. The van der Waals surface area contributed by atoms with Gasteiger partial charge in [0.2, 0.25) is 5.78 Å². The summed E-state index contributed by atoms with van der Waals surface area (Å²) in [5, 5.41) is 14.2. The van der Waals surface area contributed by atoms with Crippen LogP contribution in [0.15, 0.2) is 79.6 Å². The Morgan fingerprint density at radius 2 is 1.68 bits per heavy atom. The van der Waals surface area contributed by atoms with Gasteiger partial charge < -0.3 is 20.1 Å². The molecule has 1 amide bonds. The van der Waals surface area contributed by atoms with Gasteiger partial charge in [0.15, 0.2) is 0 Å². The van der Waals surface area contributed by atoms with Crippen LogP contribution in [0.1, 0.15) is 34.9 Å². The van der Waals surface area contributed by atoms with Crippen molar-refractivity contribution in [3.8, 4) is 16.9 Å². The molecule has 2 N–H and O–H groups in total. The molecule has 1 fully saturated rings. The minimum Gasteiger partial charge on any atom is -0.464 e. The van der Waals surface area contributed by atoms with Gasteiger partial charge in [0.1, 0.15) is 17.7 Å². The lowest BCUT2D eigenvalue weighted by molar-refractivity contribution is -0.118. The molecule has 2 atom stereocenters. The first-order chi connectivity index (χ1) is 17.9. The summed E-state index contributed by atoms with van der Waals surface area (Å²) < 4.78 is 18.4. The first-order valence-electron chi connectivity index (χ1n) is 12.0. The molecule has 0 saturated carbocycles. The summed E-state index contributed by atoms with van der Waals surface area (Å²) in [4.78, 5) is 28.1. The van der Waals surface area contributed by atoms with Gasteiger partial charge in [-0.15, -0.1) is 0 Å². The van der Waals surface area contributed by atoms with Crippen LogP contribution in [0.4, 0.5) is 4.39 Å². The van der Waals surface area contributed by atoms with Crippen LogP contribution < -0.4 is 10.1 Å². The van der Waals surface area contributed by atoms with Crippen molar-refractivity contribution in [2.75, 3.05) is 19.6 Å². The third-order valence-corrected chi connectivity index (χ3v) is 6.69. The predicted molar refractivity (Wildman–Crippen MR) is 141 cm³/mol. The van der Waals surface area contributed by atoms with Crippen molar-refractivity contribution in [1.82, 2.24) is 10.2 Å². The highest BCUT2D eigenvalue weighted by Crippen LogP contribution is 2.30. The van der Waals surface area contributed by atoms with Gasteiger partial charge in [-0.3, -0.25) is 9.59 Å². The second-order valence-corrected chi connectivity index (χ2v) is 9.33. The van der Waals surface area contributed by atoms with E-state index in [1.807, 2.05) is 0 Å². The maximum absolute atomic E-state index is 13.2. The highest BCUT2D eigenvalue weighted by molar-refractivity contribution is 6.42. The molecular formula is C29H28ClFN2O4. The predicted octanol–water partition coefficient (Wildman–Crippen LogP) is 5.17. The molecule has 0 spiro atoms. The van der Waals surface area contributed by atoms with E-state index >= 15 is 0 Å². The molecule has 0 aliphatic carbocycles. The van der Waals surface area contributed by atoms with Crippen LogP contribution in [0, 0.1) is 5.82 Å². The van der Waals surface area contributed by atoms with Crippen LogP contribution in [0.5, 0.6) is 5.75 Å². The van der Waals surface area contributed by atoms with Crippen LogP contribution in [0.25, 0.3) is 11.1 Å². The zero-order valence-electron chi connectivity index (χ0n) is 20.2. The lowest BCUT2D eigenvalue weighted by atomic mass is 10.00. The zero-order valence-corrected chi connectivity index (χ0v) is 21.0. The number of rotatable bonds is 10. The van der Waals surface area contributed by atoms with Gasteiger partial charge in [0.05, 0.1) is 17.3 Å². The van der Waals surface area contributed by atoms with Crippen molar-refractivity contribution >= 4 is 23.3 Å². The number of halogens is 2. The van der Waals surface area contributed by atoms with E-state index in [1.54, 1.807) is 54.6 Å². The molecule has 0 unspecified atom stereocenters. The van der Waals surface area contributed by atoms with Crippen LogP contribution >= 0.6 is 11.6 Å². The summed E-state index contributed by atoms with van der Waals surface area (Å²) >= 11 is 6.27. The molecule has 1 saturated heterocycles. The fourth-order valence-electron chi connectivity index (χ4n) is 4.41. The Labute approximate surface area is 220 Å². The quantitative estimate of drug-likeness (QED) is 0.218. The number of hydrogen-bond donors (Lipinski definition) is 2. The Kier molecular flexibility index (Phi) is 8.71. The molecule has 192 valence electrons. The van der Waals surface area contributed by atoms with Crippen LogP contribution in [-0.2, 0) is 4.79 Å². The van der Waals surface area contributed by atoms with Gasteiger partial charge >= 0.3 is 0 Å². The van der Waals surface area contributed by atoms with Gasteiger partial charge in [-0.25, -0.2) is 4.39 Å². The summed E-state index contributed by atoms with van der Waals surface area (Å²) in [6.07, 6.45) is 2.23. The second-order valence-electron chi connectivity index (χ2n) is 8.92. The maximum Gasteiger partial charge on any atom is 0.292 e. The standard InChI is InChI=1S/C29H28ClFN2O4/c1-2-37-26-14-11-22(17-24(26)30)27(34)25(18-33-15-3-4-16-33)32-29(36)28(35)21-7-5-19(6-8-21)20-9-12-23(31)13-10-20/h2,5-14,17,25,27,34H,1,3-4,15-16,18H2,(H,32,36)/t25-,27-/m1/s1. The third kappa shape index (κ3) is 6.63. The smallest absolute Gasteiger partial charge is 0.292 e. The Bertz CT molecular complexity index is 1260. The zero-order chi connectivity index (χ0) is 26.4. The van der Waals surface area contributed by atoms with E-state index in [-0.39, 0.29) is 11.4 Å². The molecule has 1 heterocycles. The normalized spacial score (nSPS) is 15.1. The number of ketones is 1. The maximum atomic E-state index is 13.2. The molecule has 3 aromatic carbocycles. The second kappa shape index (κ2) is 12.1. The molecule has 3 aromatic rings. The van der Waals surface area contributed by atoms with Crippen molar-refractivity contribution < 1.29 is 23.8 Å². The van der Waals surface area contributed by atoms with Crippen molar-refractivity contribution in [1.29, 1.82) is 0 Å². The molecule has 0 aromatic heterocycles. The number of likely N-dealkylation sites (tertiary alicyclic amines) is 1. The van der Waals surface area contributed by atoms with Crippen molar-refractivity contribution in [3.63, 3.8) is 0 Å². The number of nitrogens with one attached hydrogen (secondary N) is 1. The highest BCUT2D eigenvalue weighted by Gasteiger charge is 2.29. The van der Waals surface area contributed by atoms with E-state index in [0.29, 0.717) is 22.9 Å². The van der Waals surface area contributed by atoms with E-state index < -0.39 is 23.8 Å². The molecule has 6 nitrogen and oxygen atoms in total. The molecule has 4 rings (SSSR count). The number of hydrogen-bond acceptors (Lipinski definition) is 5. The van der Waals surface area contributed by atoms with E-state index in [0.717, 1.165) is 37.1 Å². The lowest BCUT2D eigenvalue weighted by Gasteiger charge is -2.28. The Balaban J connectivity index is 1.49. The minimum absolute atomic E-state index is 0.215. The van der Waals surface area contributed by atoms with E-state index in [2.05, 4.69) is 16.8 Å². The minimum atomic E-state index is -1.10. The largest absolute Gasteiger partial charge is 0.464 e. The van der Waals surface area contributed by atoms with Gasteiger partial charge in [0, 0.05) is 12.1 Å². The Hall–Kier alpha value is -3.52. The van der Waals surface area contributed by atoms with Gasteiger partial charge in [0.25, 0.3) is 5.91 Å². The molecule has 0 bridgehead atoms. The van der Waals surface area contributed by atoms with E-state index in [4.69, 9.17) is 16.3 Å². The summed E-state index contributed by atoms with van der Waals surface area (Å²) in [6, 6.07) is 16.7. The fourth-order valence-corrected chi connectivity index (χ4v) is 4.64. The number of aliphatic hydroxyl groups excluding tert-OH is 1. The molecule has 37 heavy (non-hydrogen) atoms.